The third-order valence-electron chi connectivity index (χ3n) is 2.79. The van der Waals surface area contributed by atoms with Crippen LogP contribution in [0.25, 0.3) is 0 Å². The molecule has 2 N–H and O–H groups in total. The summed E-state index contributed by atoms with van der Waals surface area (Å²) in [6.45, 7) is 0.235. The minimum atomic E-state index is -0.807. The highest BCUT2D eigenvalue weighted by atomic mass is 19.1. The number of halogens is 1. The molecule has 104 valence electrons. The van der Waals surface area contributed by atoms with Crippen LogP contribution in [0, 0.1) is 5.82 Å². The summed E-state index contributed by atoms with van der Waals surface area (Å²) in [7, 11) is 1.57. The molecule has 20 heavy (non-hydrogen) atoms. The third-order valence-corrected chi connectivity index (χ3v) is 2.79. The summed E-state index contributed by atoms with van der Waals surface area (Å²) < 4.78 is 24.2. The highest BCUT2D eigenvalue weighted by Crippen LogP contribution is 2.21. The predicted molar refractivity (Wildman–Crippen MR) is 72.2 cm³/mol. The van der Waals surface area contributed by atoms with Crippen molar-refractivity contribution in [2.24, 2.45) is 5.73 Å². The maximum Gasteiger partial charge on any atom is 0.251 e. The van der Waals surface area contributed by atoms with Gasteiger partial charge in [-0.3, -0.25) is 4.79 Å². The molecule has 0 bridgehead atoms. The molecule has 4 nitrogen and oxygen atoms in total. The lowest BCUT2D eigenvalue weighted by Gasteiger charge is -2.10. The number of nitrogens with two attached hydrogens (primary N) is 1. The average Bonchev–Trinajstić information content (AvgIpc) is 2.45. The summed E-state index contributed by atoms with van der Waals surface area (Å²) in [5.74, 6) is -0.492. The van der Waals surface area contributed by atoms with Gasteiger partial charge < -0.3 is 15.2 Å². The second-order valence-electron chi connectivity index (χ2n) is 4.11. The highest BCUT2D eigenvalue weighted by molar-refractivity contribution is 5.93. The van der Waals surface area contributed by atoms with E-state index in [1.807, 2.05) is 24.3 Å². The van der Waals surface area contributed by atoms with Crippen LogP contribution in [0.3, 0.4) is 0 Å². The Bertz CT molecular complexity index is 628. The van der Waals surface area contributed by atoms with E-state index in [2.05, 4.69) is 0 Å². The molecule has 1 amide bonds. The standard InChI is InChI=1S/C15H14FNO3/c1-19-14-5-3-2-4-10(14)9-20-11-6-7-12(15(17)18)13(16)8-11/h2-8H,9H2,1H3,(H2,17,18). The van der Waals surface area contributed by atoms with E-state index in [9.17, 15) is 9.18 Å². The smallest absolute Gasteiger partial charge is 0.251 e. The van der Waals surface area contributed by atoms with Crippen molar-refractivity contribution in [1.29, 1.82) is 0 Å². The summed E-state index contributed by atoms with van der Waals surface area (Å²) >= 11 is 0. The van der Waals surface area contributed by atoms with Gasteiger partial charge in [-0.1, -0.05) is 18.2 Å². The maximum atomic E-state index is 13.6. The van der Waals surface area contributed by atoms with E-state index in [-0.39, 0.29) is 12.2 Å². The van der Waals surface area contributed by atoms with Crippen LogP contribution in [-0.4, -0.2) is 13.0 Å². The average molecular weight is 275 g/mol. The van der Waals surface area contributed by atoms with E-state index >= 15 is 0 Å². The van der Waals surface area contributed by atoms with Crippen molar-refractivity contribution in [3.63, 3.8) is 0 Å². The molecule has 2 aromatic rings. The van der Waals surface area contributed by atoms with Crippen molar-refractivity contribution >= 4 is 5.91 Å². The lowest BCUT2D eigenvalue weighted by Crippen LogP contribution is -2.13. The molecule has 2 rings (SSSR count). The molecule has 0 radical (unpaired) electrons. The van der Waals surface area contributed by atoms with Crippen LogP contribution in [0.2, 0.25) is 0 Å². The zero-order valence-corrected chi connectivity index (χ0v) is 10.9. The van der Waals surface area contributed by atoms with E-state index < -0.39 is 11.7 Å². The molecule has 0 aliphatic heterocycles. The Kier molecular flexibility index (Phi) is 4.20. The van der Waals surface area contributed by atoms with E-state index in [1.165, 1.54) is 12.1 Å². The monoisotopic (exact) mass is 275 g/mol. The lowest BCUT2D eigenvalue weighted by atomic mass is 10.2. The highest BCUT2D eigenvalue weighted by Gasteiger charge is 2.09. The van der Waals surface area contributed by atoms with Gasteiger partial charge in [-0.05, 0) is 18.2 Å². The van der Waals surface area contributed by atoms with Crippen LogP contribution >= 0.6 is 0 Å². The number of methoxy groups -OCH3 is 1. The summed E-state index contributed by atoms with van der Waals surface area (Å²) in [6, 6.07) is 11.3. The molecule has 0 saturated heterocycles. The number of benzene rings is 2. The van der Waals surface area contributed by atoms with E-state index in [4.69, 9.17) is 15.2 Å². The van der Waals surface area contributed by atoms with Gasteiger partial charge in [-0.25, -0.2) is 4.39 Å². The van der Waals surface area contributed by atoms with Gasteiger partial charge in [0.2, 0.25) is 0 Å². The van der Waals surface area contributed by atoms with E-state index in [1.54, 1.807) is 7.11 Å². The fourth-order valence-corrected chi connectivity index (χ4v) is 1.77. The molecule has 5 heteroatoms. The number of primary amides is 1. The van der Waals surface area contributed by atoms with Crippen molar-refractivity contribution in [1.82, 2.24) is 0 Å². The van der Waals surface area contributed by atoms with Crippen LogP contribution < -0.4 is 15.2 Å². The van der Waals surface area contributed by atoms with Crippen LogP contribution in [0.4, 0.5) is 4.39 Å². The molecule has 0 heterocycles. The Hall–Kier alpha value is -2.56. The Balaban J connectivity index is 2.11. The first kappa shape index (κ1) is 13.9. The van der Waals surface area contributed by atoms with Crippen LogP contribution in [0.5, 0.6) is 11.5 Å². The molecule has 0 aromatic heterocycles. The largest absolute Gasteiger partial charge is 0.496 e. The van der Waals surface area contributed by atoms with Gasteiger partial charge in [0.1, 0.15) is 23.9 Å². The predicted octanol–water partition coefficient (Wildman–Crippen LogP) is 2.51. The molecule has 0 fully saturated rings. The fourth-order valence-electron chi connectivity index (χ4n) is 1.77. The Morgan fingerprint density at radius 2 is 2.00 bits per heavy atom. The van der Waals surface area contributed by atoms with Gasteiger partial charge in [0.05, 0.1) is 12.7 Å². The Morgan fingerprint density at radius 3 is 2.65 bits per heavy atom. The number of hydrogen-bond acceptors (Lipinski definition) is 3. The molecule has 2 aromatic carbocycles. The number of rotatable bonds is 5. The summed E-state index contributed by atoms with van der Waals surface area (Å²) in [6.07, 6.45) is 0. The number of carbonyl (C=O) groups is 1. The van der Waals surface area contributed by atoms with E-state index in [0.29, 0.717) is 11.5 Å². The molecule has 0 atom stereocenters. The zero-order valence-electron chi connectivity index (χ0n) is 10.9. The van der Waals surface area contributed by atoms with Crippen molar-refractivity contribution in [3.8, 4) is 11.5 Å². The summed E-state index contributed by atoms with van der Waals surface area (Å²) in [4.78, 5) is 10.9. The van der Waals surface area contributed by atoms with Crippen LogP contribution in [0.15, 0.2) is 42.5 Å². The minimum absolute atomic E-state index is 0.158. The van der Waals surface area contributed by atoms with Crippen molar-refractivity contribution < 1.29 is 18.7 Å². The minimum Gasteiger partial charge on any atom is -0.496 e. The second kappa shape index (κ2) is 6.06. The number of carbonyl (C=O) groups excluding carboxylic acids is 1. The SMILES string of the molecule is COc1ccccc1COc1ccc(C(N)=O)c(F)c1. The molecule has 0 saturated carbocycles. The van der Waals surface area contributed by atoms with Gasteiger partial charge in [0.25, 0.3) is 5.91 Å². The first-order valence-corrected chi connectivity index (χ1v) is 5.96. The number of ether oxygens (including phenoxy) is 2. The first-order chi connectivity index (χ1) is 9.61. The van der Waals surface area contributed by atoms with Gasteiger partial charge >= 0.3 is 0 Å². The summed E-state index contributed by atoms with van der Waals surface area (Å²) in [5, 5.41) is 0. The number of hydrogen-bond donors (Lipinski definition) is 1. The van der Waals surface area contributed by atoms with Crippen molar-refractivity contribution in [2.45, 2.75) is 6.61 Å². The number of para-hydroxylation sites is 1. The Morgan fingerprint density at radius 1 is 1.25 bits per heavy atom. The second-order valence-corrected chi connectivity index (χ2v) is 4.11. The Labute approximate surface area is 115 Å². The topological polar surface area (TPSA) is 61.6 Å². The van der Waals surface area contributed by atoms with Crippen LogP contribution in [0.1, 0.15) is 15.9 Å². The maximum absolute atomic E-state index is 13.6. The molecular weight excluding hydrogens is 261 g/mol. The van der Waals surface area contributed by atoms with E-state index in [0.717, 1.165) is 11.6 Å². The normalized spacial score (nSPS) is 10.1. The molecule has 0 spiro atoms. The van der Waals surface area contributed by atoms with Gasteiger partial charge in [-0.15, -0.1) is 0 Å². The molecule has 0 unspecified atom stereocenters. The lowest BCUT2D eigenvalue weighted by molar-refractivity contribution is 0.0996. The quantitative estimate of drug-likeness (QED) is 0.912. The fraction of sp³-hybridized carbons (Fsp3) is 0.133. The molecule has 0 aliphatic carbocycles. The molecule has 0 aliphatic rings. The van der Waals surface area contributed by atoms with Crippen LogP contribution in [-0.2, 0) is 6.61 Å². The van der Waals surface area contributed by atoms with Gasteiger partial charge in [0, 0.05) is 11.6 Å². The third kappa shape index (κ3) is 3.06. The van der Waals surface area contributed by atoms with Gasteiger partial charge in [0.15, 0.2) is 0 Å². The van der Waals surface area contributed by atoms with Crippen molar-refractivity contribution in [2.75, 3.05) is 7.11 Å². The van der Waals surface area contributed by atoms with Crippen molar-refractivity contribution in [3.05, 3.63) is 59.4 Å². The zero-order chi connectivity index (χ0) is 14.5. The number of amides is 1. The van der Waals surface area contributed by atoms with Gasteiger partial charge in [-0.2, -0.15) is 0 Å². The molecular formula is C15H14FNO3. The summed E-state index contributed by atoms with van der Waals surface area (Å²) in [5.41, 5.74) is 5.72. The first-order valence-electron chi connectivity index (χ1n) is 5.96.